The van der Waals surface area contributed by atoms with E-state index < -0.39 is 0 Å². The molecule has 2 N–H and O–H groups in total. The molecule has 0 unspecified atom stereocenters. The van der Waals surface area contributed by atoms with Crippen LogP contribution in [0.4, 0.5) is 5.69 Å². The van der Waals surface area contributed by atoms with Gasteiger partial charge in [0.15, 0.2) is 0 Å². The Balaban J connectivity index is 2.00. The fourth-order valence-corrected chi connectivity index (χ4v) is 2.48. The largest absolute Gasteiger partial charge is 0.332 e. The van der Waals surface area contributed by atoms with E-state index in [2.05, 4.69) is 31.3 Å². The maximum absolute atomic E-state index is 12.2. The van der Waals surface area contributed by atoms with Crippen molar-refractivity contribution in [1.29, 1.82) is 0 Å². The molecule has 0 radical (unpaired) electrons. The lowest BCUT2D eigenvalue weighted by Gasteiger charge is -2.15. The predicted molar refractivity (Wildman–Crippen MR) is 91.3 cm³/mol. The molecule has 0 aromatic heterocycles. The van der Waals surface area contributed by atoms with Gasteiger partial charge in [-0.25, -0.2) is 0 Å². The Labute approximate surface area is 133 Å². The van der Waals surface area contributed by atoms with Crippen molar-refractivity contribution in [2.75, 3.05) is 18.4 Å². The quantitative estimate of drug-likeness (QED) is 0.844. The Morgan fingerprint density at radius 1 is 1.05 bits per heavy atom. The molecule has 0 aliphatic heterocycles. The first-order valence-electron chi connectivity index (χ1n) is 7.93. The van der Waals surface area contributed by atoms with E-state index in [9.17, 15) is 4.79 Å². The molecule has 0 saturated carbocycles. The normalized spacial score (nSPS) is 10.7. The number of benzene rings is 2. The van der Waals surface area contributed by atoms with Crippen molar-refractivity contribution < 1.29 is 9.69 Å². The Morgan fingerprint density at radius 3 is 2.32 bits per heavy atom. The molecule has 2 rings (SSSR count). The van der Waals surface area contributed by atoms with Crippen LogP contribution in [0.3, 0.4) is 0 Å². The minimum Gasteiger partial charge on any atom is -0.332 e. The van der Waals surface area contributed by atoms with Gasteiger partial charge in [-0.1, -0.05) is 29.8 Å². The number of hydrogen-bond donors (Lipinski definition) is 2. The number of anilines is 1. The lowest BCUT2D eigenvalue weighted by atomic mass is 10.1. The summed E-state index contributed by atoms with van der Waals surface area (Å²) in [7, 11) is 0. The smallest absolute Gasteiger partial charge is 0.255 e. The molecule has 0 fully saturated rings. The number of rotatable bonds is 6. The zero-order valence-corrected chi connectivity index (χ0v) is 13.6. The lowest BCUT2D eigenvalue weighted by Crippen LogP contribution is -3.10. The van der Waals surface area contributed by atoms with Crippen LogP contribution in [0.15, 0.2) is 48.5 Å². The van der Waals surface area contributed by atoms with Crippen LogP contribution in [0.2, 0.25) is 0 Å². The minimum atomic E-state index is -0.0641. The van der Waals surface area contributed by atoms with Crippen molar-refractivity contribution in [3.8, 4) is 0 Å². The number of quaternary nitrogens is 1. The molecule has 0 bridgehead atoms. The zero-order chi connectivity index (χ0) is 15.9. The van der Waals surface area contributed by atoms with E-state index in [1.54, 1.807) is 4.90 Å². The van der Waals surface area contributed by atoms with Gasteiger partial charge in [-0.2, -0.15) is 0 Å². The van der Waals surface area contributed by atoms with E-state index >= 15 is 0 Å². The predicted octanol–water partition coefficient (Wildman–Crippen LogP) is 2.67. The summed E-state index contributed by atoms with van der Waals surface area (Å²) in [5.74, 6) is -0.0641. The third-order valence-electron chi connectivity index (χ3n) is 3.95. The van der Waals surface area contributed by atoms with Crippen LogP contribution in [0, 0.1) is 6.92 Å². The first kappa shape index (κ1) is 16.2. The summed E-state index contributed by atoms with van der Waals surface area (Å²) in [6.07, 6.45) is 0. The maximum atomic E-state index is 12.2. The standard InChI is InChI=1S/C19H24N2O/c1-4-21(5-2)14-16-9-11-18(12-10-16)20-19(22)17-8-6-7-15(3)13-17/h6-13H,4-5,14H2,1-3H3,(H,20,22)/p+1. The van der Waals surface area contributed by atoms with Crippen LogP contribution >= 0.6 is 0 Å². The molecule has 0 heterocycles. The van der Waals surface area contributed by atoms with Crippen LogP contribution in [0.5, 0.6) is 0 Å². The summed E-state index contributed by atoms with van der Waals surface area (Å²) in [6.45, 7) is 9.68. The third kappa shape index (κ3) is 4.43. The molecule has 2 aromatic rings. The van der Waals surface area contributed by atoms with Gasteiger partial charge in [-0.05, 0) is 45.0 Å². The van der Waals surface area contributed by atoms with Crippen LogP contribution in [-0.4, -0.2) is 19.0 Å². The highest BCUT2D eigenvalue weighted by molar-refractivity contribution is 6.04. The number of amides is 1. The van der Waals surface area contributed by atoms with Crippen LogP contribution < -0.4 is 10.2 Å². The zero-order valence-electron chi connectivity index (χ0n) is 13.6. The number of hydrogen-bond acceptors (Lipinski definition) is 1. The average Bonchev–Trinajstić information content (AvgIpc) is 2.54. The maximum Gasteiger partial charge on any atom is 0.255 e. The van der Waals surface area contributed by atoms with E-state index in [1.165, 1.54) is 5.56 Å². The van der Waals surface area contributed by atoms with Crippen molar-refractivity contribution in [2.45, 2.75) is 27.3 Å². The molecule has 3 heteroatoms. The lowest BCUT2D eigenvalue weighted by molar-refractivity contribution is -0.910. The molecule has 0 saturated heterocycles. The topological polar surface area (TPSA) is 33.5 Å². The van der Waals surface area contributed by atoms with Gasteiger partial charge >= 0.3 is 0 Å². The number of aryl methyl sites for hydroxylation is 1. The third-order valence-corrected chi connectivity index (χ3v) is 3.95. The second kappa shape index (κ2) is 7.76. The summed E-state index contributed by atoms with van der Waals surface area (Å²) >= 11 is 0. The molecule has 116 valence electrons. The second-order valence-electron chi connectivity index (χ2n) is 5.65. The molecule has 0 atom stereocenters. The summed E-state index contributed by atoms with van der Waals surface area (Å²) < 4.78 is 0. The van der Waals surface area contributed by atoms with Crippen molar-refractivity contribution in [2.24, 2.45) is 0 Å². The van der Waals surface area contributed by atoms with Crippen molar-refractivity contribution in [3.63, 3.8) is 0 Å². The van der Waals surface area contributed by atoms with E-state index in [0.717, 1.165) is 30.9 Å². The fraction of sp³-hybridized carbons (Fsp3) is 0.316. The molecule has 0 spiro atoms. The Kier molecular flexibility index (Phi) is 5.73. The van der Waals surface area contributed by atoms with Crippen molar-refractivity contribution >= 4 is 11.6 Å². The molecule has 22 heavy (non-hydrogen) atoms. The Hall–Kier alpha value is -2.13. The van der Waals surface area contributed by atoms with Gasteiger partial charge in [0.05, 0.1) is 13.1 Å². The van der Waals surface area contributed by atoms with Crippen LogP contribution in [0.25, 0.3) is 0 Å². The highest BCUT2D eigenvalue weighted by atomic mass is 16.1. The van der Waals surface area contributed by atoms with Crippen LogP contribution in [0.1, 0.15) is 35.3 Å². The first-order valence-corrected chi connectivity index (χ1v) is 7.93. The molecule has 1 amide bonds. The molecule has 2 aromatic carbocycles. The van der Waals surface area contributed by atoms with Gasteiger partial charge in [0, 0.05) is 16.8 Å². The fourth-order valence-electron chi connectivity index (χ4n) is 2.48. The van der Waals surface area contributed by atoms with Crippen molar-refractivity contribution in [1.82, 2.24) is 0 Å². The highest BCUT2D eigenvalue weighted by Gasteiger charge is 2.07. The van der Waals surface area contributed by atoms with Gasteiger partial charge in [0.25, 0.3) is 5.91 Å². The second-order valence-corrected chi connectivity index (χ2v) is 5.65. The van der Waals surface area contributed by atoms with E-state index in [0.29, 0.717) is 5.56 Å². The SMILES string of the molecule is CC[NH+](CC)Cc1ccc(NC(=O)c2cccc(C)c2)cc1. The van der Waals surface area contributed by atoms with Crippen LogP contribution in [-0.2, 0) is 6.54 Å². The van der Waals surface area contributed by atoms with E-state index in [-0.39, 0.29) is 5.91 Å². The Morgan fingerprint density at radius 2 is 1.73 bits per heavy atom. The number of carbonyl (C=O) groups excluding carboxylic acids is 1. The molecule has 0 aliphatic rings. The van der Waals surface area contributed by atoms with Gasteiger partial charge < -0.3 is 10.2 Å². The molecule has 3 nitrogen and oxygen atoms in total. The monoisotopic (exact) mass is 297 g/mol. The van der Waals surface area contributed by atoms with E-state index in [1.807, 2.05) is 43.3 Å². The van der Waals surface area contributed by atoms with Gasteiger partial charge in [0.2, 0.25) is 0 Å². The average molecular weight is 297 g/mol. The molecular formula is C19H25N2O+. The van der Waals surface area contributed by atoms with E-state index in [4.69, 9.17) is 0 Å². The minimum absolute atomic E-state index is 0.0641. The summed E-state index contributed by atoms with van der Waals surface area (Å²) in [5, 5.41) is 2.95. The number of carbonyl (C=O) groups is 1. The van der Waals surface area contributed by atoms with Gasteiger partial charge in [-0.3, -0.25) is 4.79 Å². The number of nitrogens with one attached hydrogen (secondary N) is 2. The highest BCUT2D eigenvalue weighted by Crippen LogP contribution is 2.12. The first-order chi connectivity index (χ1) is 10.6. The van der Waals surface area contributed by atoms with Gasteiger partial charge in [-0.15, -0.1) is 0 Å². The summed E-state index contributed by atoms with van der Waals surface area (Å²) in [6, 6.07) is 15.8. The summed E-state index contributed by atoms with van der Waals surface area (Å²) in [4.78, 5) is 13.8. The van der Waals surface area contributed by atoms with Crippen molar-refractivity contribution in [3.05, 3.63) is 65.2 Å². The molecular weight excluding hydrogens is 272 g/mol. The molecule has 0 aliphatic carbocycles. The Bertz CT molecular complexity index is 616. The summed E-state index contributed by atoms with van der Waals surface area (Å²) in [5.41, 5.74) is 3.92. The van der Waals surface area contributed by atoms with Gasteiger partial charge in [0.1, 0.15) is 6.54 Å².